The van der Waals surface area contributed by atoms with Crippen molar-refractivity contribution in [1.29, 1.82) is 0 Å². The van der Waals surface area contributed by atoms with Gasteiger partial charge < -0.3 is 9.30 Å². The zero-order valence-electron chi connectivity index (χ0n) is 21.4. The molecule has 4 aliphatic rings. The van der Waals surface area contributed by atoms with E-state index in [0.29, 0.717) is 12.6 Å². The Morgan fingerprint density at radius 3 is 2.68 bits per heavy atom. The Labute approximate surface area is 223 Å². The van der Waals surface area contributed by atoms with E-state index >= 15 is 0 Å². The van der Waals surface area contributed by atoms with Gasteiger partial charge in [-0.3, -0.25) is 9.69 Å². The van der Waals surface area contributed by atoms with Gasteiger partial charge in [0.15, 0.2) is 0 Å². The lowest BCUT2D eigenvalue weighted by atomic mass is 9.66. The minimum absolute atomic E-state index is 0.0469. The lowest BCUT2D eigenvalue weighted by molar-refractivity contribution is -0.119. The molecule has 1 aromatic heterocycles. The van der Waals surface area contributed by atoms with Crippen LogP contribution >= 0.6 is 12.2 Å². The summed E-state index contributed by atoms with van der Waals surface area (Å²) in [5, 5.41) is 1.60. The van der Waals surface area contributed by atoms with Crippen molar-refractivity contribution in [3.05, 3.63) is 71.9 Å². The van der Waals surface area contributed by atoms with Gasteiger partial charge in [-0.2, -0.15) is 0 Å². The lowest BCUT2D eigenvalue weighted by Gasteiger charge is -2.53. The molecule has 0 N–H and O–H groups in total. The maximum atomic E-state index is 13.2. The van der Waals surface area contributed by atoms with Crippen LogP contribution < -0.4 is 4.90 Å². The molecule has 1 aliphatic carbocycles. The van der Waals surface area contributed by atoms with Crippen LogP contribution in [0.2, 0.25) is 0 Å². The van der Waals surface area contributed by atoms with E-state index in [1.54, 1.807) is 4.90 Å². The number of amides is 1. The maximum Gasteiger partial charge on any atom is 0.271 e. The summed E-state index contributed by atoms with van der Waals surface area (Å²) in [5.74, 6) is 0.0963. The number of anilines is 1. The quantitative estimate of drug-likeness (QED) is 0.375. The molecule has 37 heavy (non-hydrogen) atoms. The van der Waals surface area contributed by atoms with Crippen LogP contribution in [0.15, 0.2) is 60.7 Å². The molecule has 0 unspecified atom stereocenters. The highest BCUT2D eigenvalue weighted by molar-refractivity contribution is 7.80. The van der Waals surface area contributed by atoms with Crippen molar-refractivity contribution in [2.24, 2.45) is 11.3 Å². The van der Waals surface area contributed by atoms with Crippen molar-refractivity contribution < 1.29 is 9.53 Å². The Balaban J connectivity index is 1.28. The van der Waals surface area contributed by atoms with Gasteiger partial charge in [0.25, 0.3) is 5.17 Å². The molecule has 3 aromatic rings. The number of hydrogen-bond acceptors (Lipinski definition) is 4. The Kier molecular flexibility index (Phi) is 5.52. The van der Waals surface area contributed by atoms with Gasteiger partial charge in [0, 0.05) is 29.0 Å². The molecule has 3 aliphatic heterocycles. The molecule has 0 radical (unpaired) electrons. The van der Waals surface area contributed by atoms with Crippen LogP contribution in [0.25, 0.3) is 16.6 Å². The van der Waals surface area contributed by atoms with Gasteiger partial charge in [-0.1, -0.05) is 49.4 Å². The molecule has 1 amide bonds. The number of carbonyl (C=O) groups is 1. The normalized spacial score (nSPS) is 24.4. The standard InChI is InChI=1S/C31H33N3O2S/c1-2-31-16-8-17-32-18-15-25-24-11-6-7-12-26(24)33(27(25)28(31)32)23(19-31)20-36-30(37)34(29(35)21-13-14-21)22-9-4-3-5-10-22/h3-7,9-12,19,21,28H,2,8,13-18,20H2,1H3/t28-,31+/m1/s1. The largest absolute Gasteiger partial charge is 0.464 e. The lowest BCUT2D eigenvalue weighted by Crippen LogP contribution is -2.51. The predicted octanol–water partition coefficient (Wildman–Crippen LogP) is 6.33. The SMILES string of the molecule is CC[C@@]12C=C(COC(=S)N(C(=O)C3CC3)c3ccccc3)n3c4c(c5ccccc53)CCN(CCC1)[C@H]42. The molecular formula is C31H33N3O2S. The molecule has 2 fully saturated rings. The summed E-state index contributed by atoms with van der Waals surface area (Å²) in [4.78, 5) is 17.6. The summed E-state index contributed by atoms with van der Waals surface area (Å²) >= 11 is 5.79. The fraction of sp³-hybridized carbons (Fsp3) is 0.419. The molecule has 0 spiro atoms. The third kappa shape index (κ3) is 3.60. The van der Waals surface area contributed by atoms with Crippen LogP contribution in [0.5, 0.6) is 0 Å². The van der Waals surface area contributed by atoms with Gasteiger partial charge in [0.1, 0.15) is 6.61 Å². The Bertz CT molecular complexity index is 1420. The van der Waals surface area contributed by atoms with Crippen LogP contribution in [0.1, 0.15) is 56.3 Å². The van der Waals surface area contributed by atoms with Crippen molar-refractivity contribution in [2.45, 2.75) is 51.5 Å². The number of para-hydroxylation sites is 2. The maximum absolute atomic E-state index is 13.2. The fourth-order valence-corrected chi connectivity index (χ4v) is 7.36. The number of nitrogens with zero attached hydrogens (tertiary/aromatic N) is 3. The number of rotatable bonds is 5. The third-order valence-electron chi connectivity index (χ3n) is 9.01. The topological polar surface area (TPSA) is 37.7 Å². The van der Waals surface area contributed by atoms with E-state index in [2.05, 4.69) is 46.7 Å². The molecule has 1 saturated carbocycles. The van der Waals surface area contributed by atoms with Crippen LogP contribution in [0.3, 0.4) is 0 Å². The molecule has 2 aromatic carbocycles. The molecule has 0 bridgehead atoms. The summed E-state index contributed by atoms with van der Waals surface area (Å²) in [5.41, 5.74) is 6.22. The molecule has 6 heteroatoms. The van der Waals surface area contributed by atoms with Gasteiger partial charge in [-0.25, -0.2) is 4.90 Å². The molecular weight excluding hydrogens is 478 g/mol. The first kappa shape index (κ1) is 23.2. The summed E-state index contributed by atoms with van der Waals surface area (Å²) < 4.78 is 8.82. The van der Waals surface area contributed by atoms with E-state index < -0.39 is 0 Å². The van der Waals surface area contributed by atoms with Gasteiger partial charge in [-0.15, -0.1) is 0 Å². The number of benzene rings is 2. The minimum atomic E-state index is 0.0469. The smallest absolute Gasteiger partial charge is 0.271 e. The Morgan fingerprint density at radius 1 is 1.11 bits per heavy atom. The van der Waals surface area contributed by atoms with E-state index in [-0.39, 0.29) is 22.4 Å². The second-order valence-electron chi connectivity index (χ2n) is 11.1. The van der Waals surface area contributed by atoms with Crippen LogP contribution in [0.4, 0.5) is 5.69 Å². The number of thiocarbonyl (C=S) groups is 1. The van der Waals surface area contributed by atoms with Crippen molar-refractivity contribution in [2.75, 3.05) is 24.6 Å². The zero-order valence-corrected chi connectivity index (χ0v) is 22.2. The summed E-state index contributed by atoms with van der Waals surface area (Å²) in [7, 11) is 0. The third-order valence-corrected chi connectivity index (χ3v) is 9.31. The monoisotopic (exact) mass is 511 g/mol. The van der Waals surface area contributed by atoms with E-state index in [1.165, 1.54) is 41.5 Å². The van der Waals surface area contributed by atoms with Crippen molar-refractivity contribution in [1.82, 2.24) is 9.47 Å². The van der Waals surface area contributed by atoms with Crippen LogP contribution in [-0.2, 0) is 16.0 Å². The van der Waals surface area contributed by atoms with E-state index in [1.807, 2.05) is 30.3 Å². The van der Waals surface area contributed by atoms with Gasteiger partial charge in [0.2, 0.25) is 5.91 Å². The molecule has 5 nitrogen and oxygen atoms in total. The molecule has 1 saturated heterocycles. The summed E-state index contributed by atoms with van der Waals surface area (Å²) in [6, 6.07) is 18.9. The van der Waals surface area contributed by atoms with E-state index in [9.17, 15) is 4.79 Å². The Morgan fingerprint density at radius 2 is 1.89 bits per heavy atom. The van der Waals surface area contributed by atoms with Gasteiger partial charge in [-0.05, 0) is 81.1 Å². The highest BCUT2D eigenvalue weighted by atomic mass is 32.1. The number of hydrogen-bond donors (Lipinski definition) is 0. The molecule has 2 atom stereocenters. The highest BCUT2D eigenvalue weighted by Crippen LogP contribution is 2.57. The summed E-state index contributed by atoms with van der Waals surface area (Å²) in [6.45, 7) is 4.99. The molecule has 4 heterocycles. The number of ether oxygens (including phenoxy) is 1. The first-order valence-electron chi connectivity index (χ1n) is 13.8. The first-order chi connectivity index (χ1) is 18.1. The average Bonchev–Trinajstić information content (AvgIpc) is 3.74. The van der Waals surface area contributed by atoms with Crippen molar-refractivity contribution in [3.63, 3.8) is 0 Å². The van der Waals surface area contributed by atoms with E-state index in [4.69, 9.17) is 17.0 Å². The predicted molar refractivity (Wildman–Crippen MR) is 151 cm³/mol. The number of aromatic nitrogens is 1. The van der Waals surface area contributed by atoms with Crippen LogP contribution in [-0.4, -0.2) is 40.2 Å². The zero-order chi connectivity index (χ0) is 25.1. The molecule has 190 valence electrons. The highest BCUT2D eigenvalue weighted by Gasteiger charge is 2.50. The second kappa shape index (κ2) is 8.81. The Hall–Kier alpha value is -2.96. The average molecular weight is 512 g/mol. The fourth-order valence-electron chi connectivity index (χ4n) is 7.11. The van der Waals surface area contributed by atoms with Crippen molar-refractivity contribution in [3.8, 4) is 0 Å². The van der Waals surface area contributed by atoms with E-state index in [0.717, 1.165) is 43.6 Å². The first-order valence-corrected chi connectivity index (χ1v) is 14.2. The number of piperidine rings is 1. The van der Waals surface area contributed by atoms with Gasteiger partial charge >= 0.3 is 0 Å². The molecule has 7 rings (SSSR count). The number of fused-ring (bicyclic) bond motifs is 3. The van der Waals surface area contributed by atoms with Crippen molar-refractivity contribution >= 4 is 45.6 Å². The van der Waals surface area contributed by atoms with Crippen LogP contribution in [0, 0.1) is 11.3 Å². The summed E-state index contributed by atoms with van der Waals surface area (Å²) in [6.07, 6.45) is 8.94. The number of carbonyl (C=O) groups excluding carboxylic acids is 1. The minimum Gasteiger partial charge on any atom is -0.464 e. The second-order valence-corrected chi connectivity index (χ2v) is 11.4. The van der Waals surface area contributed by atoms with Gasteiger partial charge in [0.05, 0.1) is 22.9 Å².